The van der Waals surface area contributed by atoms with Crippen LogP contribution in [0, 0.1) is 0 Å². The van der Waals surface area contributed by atoms with Gasteiger partial charge in [-0.15, -0.1) is 0 Å². The monoisotopic (exact) mass is 388 g/mol. The van der Waals surface area contributed by atoms with Crippen LogP contribution in [0.3, 0.4) is 0 Å². The Labute approximate surface area is 161 Å². The van der Waals surface area contributed by atoms with Crippen LogP contribution in [0.4, 0.5) is 0 Å². The summed E-state index contributed by atoms with van der Waals surface area (Å²) in [6, 6.07) is 8.96. The molecule has 1 atom stereocenters. The quantitative estimate of drug-likeness (QED) is 0.617. The van der Waals surface area contributed by atoms with E-state index in [-0.39, 0.29) is 11.7 Å². The average Bonchev–Trinajstić information content (AvgIpc) is 3.08. The molecule has 0 amide bonds. The zero-order chi connectivity index (χ0) is 18.3. The van der Waals surface area contributed by atoms with E-state index in [0.29, 0.717) is 39.1 Å². The Morgan fingerprint density at radius 3 is 2.88 bits per heavy atom. The first kappa shape index (κ1) is 17.4. The SMILES string of the molecule is CCCCC1Cc2c(c3cccnc3n(-c3ccc(Cl)c(Cl)c3)c2=O)O1. The van der Waals surface area contributed by atoms with Gasteiger partial charge < -0.3 is 4.74 Å². The van der Waals surface area contributed by atoms with Crippen molar-refractivity contribution in [1.82, 2.24) is 9.55 Å². The van der Waals surface area contributed by atoms with Crippen LogP contribution in [0.1, 0.15) is 31.7 Å². The summed E-state index contributed by atoms with van der Waals surface area (Å²) in [5, 5.41) is 1.69. The predicted octanol–water partition coefficient (Wildman–Crippen LogP) is 5.19. The van der Waals surface area contributed by atoms with Crippen molar-refractivity contribution in [2.45, 2.75) is 38.7 Å². The molecule has 0 saturated heterocycles. The molecule has 1 aromatic carbocycles. The fraction of sp³-hybridized carbons (Fsp3) is 0.300. The van der Waals surface area contributed by atoms with Gasteiger partial charge in [0.25, 0.3) is 5.56 Å². The lowest BCUT2D eigenvalue weighted by Gasteiger charge is -2.13. The number of benzene rings is 1. The summed E-state index contributed by atoms with van der Waals surface area (Å²) in [5.74, 6) is 0.676. The zero-order valence-corrected chi connectivity index (χ0v) is 15.8. The second-order valence-electron chi connectivity index (χ2n) is 6.51. The van der Waals surface area contributed by atoms with Crippen LogP contribution in [-0.2, 0) is 6.42 Å². The highest BCUT2D eigenvalue weighted by Gasteiger charge is 2.29. The van der Waals surface area contributed by atoms with E-state index in [9.17, 15) is 4.79 Å². The fourth-order valence-electron chi connectivity index (χ4n) is 3.45. The molecule has 26 heavy (non-hydrogen) atoms. The van der Waals surface area contributed by atoms with Gasteiger partial charge in [0.1, 0.15) is 11.9 Å². The van der Waals surface area contributed by atoms with Gasteiger partial charge in [-0.2, -0.15) is 0 Å². The highest BCUT2D eigenvalue weighted by Crippen LogP contribution is 2.36. The molecule has 134 valence electrons. The molecule has 3 heterocycles. The molecule has 0 radical (unpaired) electrons. The van der Waals surface area contributed by atoms with Gasteiger partial charge in [0.05, 0.1) is 26.7 Å². The summed E-state index contributed by atoms with van der Waals surface area (Å²) < 4.78 is 7.74. The number of fused-ring (bicyclic) bond motifs is 3. The summed E-state index contributed by atoms with van der Waals surface area (Å²) in [5.41, 5.74) is 1.81. The third kappa shape index (κ3) is 2.87. The van der Waals surface area contributed by atoms with E-state index in [1.165, 1.54) is 0 Å². The number of nitrogens with zero attached hydrogens (tertiary/aromatic N) is 2. The van der Waals surface area contributed by atoms with Crippen molar-refractivity contribution < 1.29 is 4.74 Å². The molecular formula is C20H18Cl2N2O2. The third-order valence-electron chi connectivity index (χ3n) is 4.74. The summed E-state index contributed by atoms with van der Waals surface area (Å²) >= 11 is 12.2. The van der Waals surface area contributed by atoms with Gasteiger partial charge in [-0.25, -0.2) is 4.98 Å². The molecule has 0 fully saturated rings. The van der Waals surface area contributed by atoms with Crippen LogP contribution < -0.4 is 10.3 Å². The highest BCUT2D eigenvalue weighted by molar-refractivity contribution is 6.42. The van der Waals surface area contributed by atoms with Gasteiger partial charge in [0.2, 0.25) is 0 Å². The van der Waals surface area contributed by atoms with Crippen LogP contribution in [0.5, 0.6) is 5.75 Å². The molecule has 0 bridgehead atoms. The highest BCUT2D eigenvalue weighted by atomic mass is 35.5. The molecule has 1 aliphatic rings. The van der Waals surface area contributed by atoms with Crippen molar-refractivity contribution in [3.8, 4) is 11.4 Å². The van der Waals surface area contributed by atoms with E-state index >= 15 is 0 Å². The van der Waals surface area contributed by atoms with Gasteiger partial charge in [-0.3, -0.25) is 9.36 Å². The number of ether oxygens (including phenoxy) is 1. The second-order valence-corrected chi connectivity index (χ2v) is 7.32. The lowest BCUT2D eigenvalue weighted by Crippen LogP contribution is -2.23. The number of hydrogen-bond donors (Lipinski definition) is 0. The molecule has 0 N–H and O–H groups in total. The Morgan fingerprint density at radius 2 is 2.12 bits per heavy atom. The molecule has 0 saturated carbocycles. The largest absolute Gasteiger partial charge is 0.489 e. The minimum Gasteiger partial charge on any atom is -0.489 e. The van der Waals surface area contributed by atoms with Crippen molar-refractivity contribution in [2.75, 3.05) is 0 Å². The molecule has 4 nitrogen and oxygen atoms in total. The first-order chi connectivity index (χ1) is 12.6. The maximum absolute atomic E-state index is 13.3. The van der Waals surface area contributed by atoms with Crippen molar-refractivity contribution in [3.63, 3.8) is 0 Å². The number of hydrogen-bond acceptors (Lipinski definition) is 3. The van der Waals surface area contributed by atoms with E-state index in [4.69, 9.17) is 27.9 Å². The van der Waals surface area contributed by atoms with Gasteiger partial charge in [-0.1, -0.05) is 43.0 Å². The Morgan fingerprint density at radius 1 is 1.27 bits per heavy atom. The van der Waals surface area contributed by atoms with Crippen LogP contribution in [0.15, 0.2) is 41.3 Å². The van der Waals surface area contributed by atoms with Gasteiger partial charge in [-0.05, 0) is 36.8 Å². The first-order valence-corrected chi connectivity index (χ1v) is 9.50. The van der Waals surface area contributed by atoms with Crippen LogP contribution in [0.2, 0.25) is 10.0 Å². The molecular weight excluding hydrogens is 371 g/mol. The molecule has 2 aromatic heterocycles. The van der Waals surface area contributed by atoms with Crippen molar-refractivity contribution >= 4 is 34.2 Å². The molecule has 6 heteroatoms. The average molecular weight is 389 g/mol. The predicted molar refractivity (Wildman–Crippen MR) is 105 cm³/mol. The maximum atomic E-state index is 13.3. The smallest absolute Gasteiger partial charge is 0.263 e. The van der Waals surface area contributed by atoms with Crippen LogP contribution in [0.25, 0.3) is 16.7 Å². The van der Waals surface area contributed by atoms with Crippen LogP contribution in [-0.4, -0.2) is 15.7 Å². The molecule has 3 aromatic rings. The van der Waals surface area contributed by atoms with Gasteiger partial charge in [0, 0.05) is 12.6 Å². The third-order valence-corrected chi connectivity index (χ3v) is 5.47. The summed E-state index contributed by atoms with van der Waals surface area (Å²) in [7, 11) is 0. The molecule has 4 rings (SSSR count). The van der Waals surface area contributed by atoms with Gasteiger partial charge in [0.15, 0.2) is 5.65 Å². The number of unbranched alkanes of at least 4 members (excludes halogenated alkanes) is 1. The Kier molecular flexibility index (Phi) is 4.63. The number of halogens is 2. The summed E-state index contributed by atoms with van der Waals surface area (Å²) in [4.78, 5) is 17.7. The van der Waals surface area contributed by atoms with E-state index in [0.717, 1.165) is 24.6 Å². The Bertz CT molecular complexity index is 1050. The number of aromatic nitrogens is 2. The van der Waals surface area contributed by atoms with E-state index in [1.54, 1.807) is 29.0 Å². The maximum Gasteiger partial charge on any atom is 0.263 e. The molecule has 1 aliphatic heterocycles. The standard InChI is InChI=1S/C20H18Cl2N2O2/c1-2-3-5-13-11-15-18(26-13)14-6-4-9-23-19(14)24(20(15)25)12-7-8-16(21)17(22)10-12/h4,6-10,13H,2-3,5,11H2,1H3. The second kappa shape index (κ2) is 6.93. The molecule has 0 spiro atoms. The van der Waals surface area contributed by atoms with E-state index in [2.05, 4.69) is 11.9 Å². The Balaban J connectivity index is 1.93. The number of rotatable bonds is 4. The summed E-state index contributed by atoms with van der Waals surface area (Å²) in [6.07, 6.45) is 5.47. The fourth-order valence-corrected chi connectivity index (χ4v) is 3.74. The lowest BCUT2D eigenvalue weighted by molar-refractivity contribution is 0.219. The van der Waals surface area contributed by atoms with E-state index < -0.39 is 0 Å². The first-order valence-electron chi connectivity index (χ1n) is 8.75. The Hall–Kier alpha value is -2.04. The van der Waals surface area contributed by atoms with Gasteiger partial charge >= 0.3 is 0 Å². The topological polar surface area (TPSA) is 44.1 Å². The van der Waals surface area contributed by atoms with Crippen LogP contribution >= 0.6 is 23.2 Å². The normalized spacial score (nSPS) is 15.9. The minimum absolute atomic E-state index is 0.0470. The molecule has 0 aliphatic carbocycles. The van der Waals surface area contributed by atoms with Crippen molar-refractivity contribution in [1.29, 1.82) is 0 Å². The van der Waals surface area contributed by atoms with E-state index in [1.807, 2.05) is 12.1 Å². The van der Waals surface area contributed by atoms with Crippen molar-refractivity contribution in [3.05, 3.63) is 62.5 Å². The zero-order valence-electron chi connectivity index (χ0n) is 14.3. The van der Waals surface area contributed by atoms with Crippen molar-refractivity contribution in [2.24, 2.45) is 0 Å². The number of pyridine rings is 2. The lowest BCUT2D eigenvalue weighted by atomic mass is 10.1. The molecule has 1 unspecified atom stereocenters. The minimum atomic E-state index is -0.108. The summed E-state index contributed by atoms with van der Waals surface area (Å²) in [6.45, 7) is 2.15.